The van der Waals surface area contributed by atoms with Gasteiger partial charge in [0.05, 0.1) is 11.3 Å². The van der Waals surface area contributed by atoms with Gasteiger partial charge < -0.3 is 15.3 Å². The van der Waals surface area contributed by atoms with Crippen molar-refractivity contribution in [3.8, 4) is 0 Å². The van der Waals surface area contributed by atoms with Gasteiger partial charge in [0, 0.05) is 17.1 Å². The summed E-state index contributed by atoms with van der Waals surface area (Å²) in [7, 11) is 0. The second kappa shape index (κ2) is 6.47. The maximum atomic E-state index is 12.4. The summed E-state index contributed by atoms with van der Waals surface area (Å²) in [6, 6.07) is 4.73. The van der Waals surface area contributed by atoms with Gasteiger partial charge in [-0.25, -0.2) is 9.59 Å². The standard InChI is InChI=1S/C15H19BrN2O3/c1-9(2)8-18(11-4-5-11)15(21)17-13-7-10(14(19)20)3-6-12(13)16/h3,6-7,9,11H,4-5,8H2,1-2H3,(H,17,21)(H,19,20). The molecular weight excluding hydrogens is 336 g/mol. The lowest BCUT2D eigenvalue weighted by atomic mass is 10.2. The van der Waals surface area contributed by atoms with E-state index >= 15 is 0 Å². The Morgan fingerprint density at radius 2 is 2.10 bits per heavy atom. The molecule has 1 aromatic carbocycles. The fraction of sp³-hybridized carbons (Fsp3) is 0.467. The van der Waals surface area contributed by atoms with E-state index in [0.717, 1.165) is 12.8 Å². The molecule has 0 radical (unpaired) electrons. The highest BCUT2D eigenvalue weighted by Crippen LogP contribution is 2.29. The van der Waals surface area contributed by atoms with E-state index in [1.54, 1.807) is 6.07 Å². The summed E-state index contributed by atoms with van der Waals surface area (Å²) in [6.07, 6.45) is 2.08. The summed E-state index contributed by atoms with van der Waals surface area (Å²) in [5.41, 5.74) is 0.629. The summed E-state index contributed by atoms with van der Waals surface area (Å²) >= 11 is 3.33. The van der Waals surface area contributed by atoms with Crippen molar-refractivity contribution in [1.82, 2.24) is 4.90 Å². The van der Waals surface area contributed by atoms with Crippen molar-refractivity contribution >= 4 is 33.6 Å². The van der Waals surface area contributed by atoms with E-state index in [2.05, 4.69) is 35.1 Å². The van der Waals surface area contributed by atoms with Crippen LogP contribution in [0, 0.1) is 5.92 Å². The number of anilines is 1. The number of rotatable bonds is 5. The van der Waals surface area contributed by atoms with Crippen molar-refractivity contribution in [2.45, 2.75) is 32.7 Å². The number of nitrogens with zero attached hydrogens (tertiary/aromatic N) is 1. The lowest BCUT2D eigenvalue weighted by molar-refractivity contribution is 0.0697. The summed E-state index contributed by atoms with van der Waals surface area (Å²) in [6.45, 7) is 4.85. The van der Waals surface area contributed by atoms with Crippen LogP contribution in [0.15, 0.2) is 22.7 Å². The first-order valence-corrected chi connectivity index (χ1v) is 7.78. The number of nitrogens with one attached hydrogen (secondary N) is 1. The zero-order valence-corrected chi connectivity index (χ0v) is 13.7. The third-order valence-corrected chi connectivity index (χ3v) is 3.96. The average Bonchev–Trinajstić information content (AvgIpc) is 3.22. The number of hydrogen-bond acceptors (Lipinski definition) is 2. The van der Waals surface area contributed by atoms with Gasteiger partial charge in [-0.1, -0.05) is 13.8 Å². The molecule has 0 aliphatic heterocycles. The van der Waals surface area contributed by atoms with Crippen LogP contribution in [0.2, 0.25) is 0 Å². The molecule has 1 saturated carbocycles. The SMILES string of the molecule is CC(C)CN(C(=O)Nc1cc(C(=O)O)ccc1Br)C1CC1. The summed E-state index contributed by atoms with van der Waals surface area (Å²) in [5, 5.41) is 11.8. The minimum atomic E-state index is -1.01. The van der Waals surface area contributed by atoms with Crippen LogP contribution in [0.3, 0.4) is 0 Å². The maximum absolute atomic E-state index is 12.4. The molecule has 0 bridgehead atoms. The fourth-order valence-electron chi connectivity index (χ4n) is 2.12. The summed E-state index contributed by atoms with van der Waals surface area (Å²) < 4.78 is 0.668. The van der Waals surface area contributed by atoms with Crippen LogP contribution in [0.4, 0.5) is 10.5 Å². The Hall–Kier alpha value is -1.56. The molecule has 1 aliphatic carbocycles. The zero-order valence-electron chi connectivity index (χ0n) is 12.1. The van der Waals surface area contributed by atoms with Gasteiger partial charge in [0.1, 0.15) is 0 Å². The highest BCUT2D eigenvalue weighted by molar-refractivity contribution is 9.10. The molecule has 5 nitrogen and oxygen atoms in total. The Kier molecular flexibility index (Phi) is 4.88. The van der Waals surface area contributed by atoms with E-state index in [4.69, 9.17) is 5.11 Å². The monoisotopic (exact) mass is 354 g/mol. The minimum Gasteiger partial charge on any atom is -0.478 e. The highest BCUT2D eigenvalue weighted by Gasteiger charge is 2.33. The largest absolute Gasteiger partial charge is 0.478 e. The van der Waals surface area contributed by atoms with Gasteiger partial charge >= 0.3 is 12.0 Å². The second-order valence-corrected chi connectivity index (χ2v) is 6.56. The first kappa shape index (κ1) is 15.8. The molecule has 0 aromatic heterocycles. The third-order valence-electron chi connectivity index (χ3n) is 3.27. The Balaban J connectivity index is 2.14. The number of aromatic carboxylic acids is 1. The smallest absolute Gasteiger partial charge is 0.335 e. The molecule has 1 fully saturated rings. The topological polar surface area (TPSA) is 69.6 Å². The van der Waals surface area contributed by atoms with E-state index in [0.29, 0.717) is 28.7 Å². The molecule has 0 spiro atoms. The quantitative estimate of drug-likeness (QED) is 0.844. The number of amides is 2. The van der Waals surface area contributed by atoms with Crippen LogP contribution in [0.1, 0.15) is 37.0 Å². The molecule has 6 heteroatoms. The van der Waals surface area contributed by atoms with Gasteiger partial charge in [0.2, 0.25) is 0 Å². The Bertz CT molecular complexity index is 556. The van der Waals surface area contributed by atoms with E-state index in [-0.39, 0.29) is 11.6 Å². The molecule has 0 unspecified atom stereocenters. The number of urea groups is 1. The predicted molar refractivity (Wildman–Crippen MR) is 84.7 cm³/mol. The molecule has 1 aliphatic rings. The molecule has 0 heterocycles. The van der Waals surface area contributed by atoms with Gasteiger partial charge in [-0.05, 0) is 52.9 Å². The van der Waals surface area contributed by atoms with Gasteiger partial charge in [-0.3, -0.25) is 0 Å². The number of carboxylic acid groups (broad SMARTS) is 1. The average molecular weight is 355 g/mol. The molecule has 114 valence electrons. The van der Waals surface area contributed by atoms with Crippen LogP contribution in [0.5, 0.6) is 0 Å². The molecule has 0 saturated heterocycles. The maximum Gasteiger partial charge on any atom is 0.335 e. The molecule has 2 rings (SSSR count). The Morgan fingerprint density at radius 1 is 1.43 bits per heavy atom. The number of carbonyl (C=O) groups excluding carboxylic acids is 1. The van der Waals surface area contributed by atoms with Crippen molar-refractivity contribution in [2.24, 2.45) is 5.92 Å². The van der Waals surface area contributed by atoms with Crippen molar-refractivity contribution in [1.29, 1.82) is 0 Å². The Morgan fingerprint density at radius 3 is 2.62 bits per heavy atom. The number of halogens is 1. The summed E-state index contributed by atoms with van der Waals surface area (Å²) in [4.78, 5) is 25.3. The van der Waals surface area contributed by atoms with Crippen molar-refractivity contribution in [2.75, 3.05) is 11.9 Å². The van der Waals surface area contributed by atoms with Crippen LogP contribution in [0.25, 0.3) is 0 Å². The Labute approximate surface area is 132 Å². The lowest BCUT2D eigenvalue weighted by Crippen LogP contribution is -2.39. The number of carbonyl (C=O) groups is 2. The minimum absolute atomic E-state index is 0.148. The highest BCUT2D eigenvalue weighted by atomic mass is 79.9. The van der Waals surface area contributed by atoms with Crippen LogP contribution in [-0.4, -0.2) is 34.6 Å². The first-order chi connectivity index (χ1) is 9.88. The first-order valence-electron chi connectivity index (χ1n) is 6.99. The summed E-state index contributed by atoms with van der Waals surface area (Å²) in [5.74, 6) is -0.621. The second-order valence-electron chi connectivity index (χ2n) is 5.71. The van der Waals surface area contributed by atoms with Crippen molar-refractivity contribution in [3.05, 3.63) is 28.2 Å². The molecular formula is C15H19BrN2O3. The molecule has 2 amide bonds. The number of hydrogen-bond donors (Lipinski definition) is 2. The number of carboxylic acids is 1. The molecule has 21 heavy (non-hydrogen) atoms. The normalized spacial score (nSPS) is 14.1. The lowest BCUT2D eigenvalue weighted by Gasteiger charge is -2.25. The van der Waals surface area contributed by atoms with Crippen LogP contribution >= 0.6 is 15.9 Å². The van der Waals surface area contributed by atoms with E-state index in [9.17, 15) is 9.59 Å². The van der Waals surface area contributed by atoms with Crippen LogP contribution in [-0.2, 0) is 0 Å². The van der Waals surface area contributed by atoms with E-state index < -0.39 is 5.97 Å². The van der Waals surface area contributed by atoms with E-state index in [1.807, 2.05) is 4.90 Å². The van der Waals surface area contributed by atoms with Gasteiger partial charge in [-0.2, -0.15) is 0 Å². The molecule has 2 N–H and O–H groups in total. The number of benzene rings is 1. The third kappa shape index (κ3) is 4.20. The van der Waals surface area contributed by atoms with Crippen molar-refractivity contribution in [3.63, 3.8) is 0 Å². The van der Waals surface area contributed by atoms with Crippen molar-refractivity contribution < 1.29 is 14.7 Å². The zero-order chi connectivity index (χ0) is 15.6. The van der Waals surface area contributed by atoms with Gasteiger partial charge in [0.25, 0.3) is 0 Å². The fourth-order valence-corrected chi connectivity index (χ4v) is 2.46. The van der Waals surface area contributed by atoms with E-state index in [1.165, 1.54) is 12.1 Å². The van der Waals surface area contributed by atoms with Crippen LogP contribution < -0.4 is 5.32 Å². The molecule has 1 aromatic rings. The van der Waals surface area contributed by atoms with Gasteiger partial charge in [0.15, 0.2) is 0 Å². The predicted octanol–water partition coefficient (Wildman–Crippen LogP) is 3.80. The van der Waals surface area contributed by atoms with Gasteiger partial charge in [-0.15, -0.1) is 0 Å². The molecule has 0 atom stereocenters.